The predicted octanol–water partition coefficient (Wildman–Crippen LogP) is 3.13. The molecule has 1 rings (SSSR count). The van der Waals surface area contributed by atoms with Crippen molar-refractivity contribution >= 4 is 12.6 Å². The fourth-order valence-corrected chi connectivity index (χ4v) is 1.17. The van der Waals surface area contributed by atoms with Gasteiger partial charge in [0.2, 0.25) is 0 Å². The molecule has 0 heterocycles. The van der Waals surface area contributed by atoms with E-state index in [0.29, 0.717) is 0 Å². The van der Waals surface area contributed by atoms with Crippen molar-refractivity contribution in [1.82, 2.24) is 0 Å². The smallest absolute Gasteiger partial charge is 0.182 e. The van der Waals surface area contributed by atoms with Crippen molar-refractivity contribution in [2.75, 3.05) is 0 Å². The summed E-state index contributed by atoms with van der Waals surface area (Å²) >= 11 is 3.71. The van der Waals surface area contributed by atoms with Crippen LogP contribution in [0.5, 0.6) is 0 Å². The van der Waals surface area contributed by atoms with Gasteiger partial charge >= 0.3 is 0 Å². The van der Waals surface area contributed by atoms with Gasteiger partial charge in [0.15, 0.2) is 17.8 Å². The van der Waals surface area contributed by atoms with Gasteiger partial charge in [-0.05, 0) is 25.0 Å². The molecule has 0 radical (unpaired) electrons. The number of halogens is 3. The maximum absolute atomic E-state index is 13.2. The molecule has 0 nitrogen and oxygen atoms in total. The summed E-state index contributed by atoms with van der Waals surface area (Å²) in [5, 5.41) is -1.18. The second-order valence-corrected chi connectivity index (χ2v) is 3.54. The molecule has 2 atom stereocenters. The largest absolute Gasteiger partial charge is 0.228 e. The van der Waals surface area contributed by atoms with Crippen LogP contribution < -0.4 is 0 Å². The van der Waals surface area contributed by atoms with Crippen LogP contribution in [0.25, 0.3) is 0 Å². The van der Waals surface area contributed by atoms with E-state index in [1.54, 1.807) is 0 Å². The maximum Gasteiger partial charge on any atom is 0.182 e. The van der Waals surface area contributed by atoms with Crippen LogP contribution in [0.1, 0.15) is 13.8 Å². The van der Waals surface area contributed by atoms with Gasteiger partial charge in [0.25, 0.3) is 0 Å². The molecule has 0 saturated carbocycles. The Morgan fingerprint density at radius 1 is 1.21 bits per heavy atom. The Morgan fingerprint density at radius 3 is 2.36 bits per heavy atom. The van der Waals surface area contributed by atoms with Gasteiger partial charge in [-0.1, -0.05) is 11.8 Å². The third-order valence-corrected chi connectivity index (χ3v) is 2.45. The first kappa shape index (κ1) is 11.3. The molecule has 0 aliphatic heterocycles. The van der Waals surface area contributed by atoms with E-state index in [9.17, 15) is 13.2 Å². The summed E-state index contributed by atoms with van der Waals surface area (Å²) in [5.74, 6) is 2.26. The van der Waals surface area contributed by atoms with Gasteiger partial charge in [-0.25, -0.2) is 13.2 Å². The molecule has 2 unspecified atom stereocenters. The number of rotatable bonds is 0. The van der Waals surface area contributed by atoms with Gasteiger partial charge in [-0.3, -0.25) is 0 Å². The molecule has 0 amide bonds. The average Bonchev–Trinajstić information content (AvgIpc) is 2.19. The Morgan fingerprint density at radius 2 is 1.79 bits per heavy atom. The summed E-state index contributed by atoms with van der Waals surface area (Å²) in [6, 6.07) is 0. The minimum atomic E-state index is -1.55. The highest BCUT2D eigenvalue weighted by Crippen LogP contribution is 2.27. The summed E-state index contributed by atoms with van der Waals surface area (Å²) in [6.45, 7) is 2.71. The zero-order valence-electron chi connectivity index (χ0n) is 7.74. The Hall–Kier alpha value is -0.820. The minimum absolute atomic E-state index is 0.0388. The topological polar surface area (TPSA) is 0 Å². The molecule has 1 aliphatic rings. The maximum atomic E-state index is 13.2. The van der Waals surface area contributed by atoms with Gasteiger partial charge in [-0.15, -0.1) is 0 Å². The lowest BCUT2D eigenvalue weighted by Gasteiger charge is -2.11. The van der Waals surface area contributed by atoms with Gasteiger partial charge in [0, 0.05) is 0 Å². The highest BCUT2D eigenvalue weighted by molar-refractivity contribution is 7.81. The lowest BCUT2D eigenvalue weighted by atomic mass is 10.0. The fraction of sp³-hybridized carbons (Fsp3) is 0.400. The Bertz CT molecular complexity index is 337. The van der Waals surface area contributed by atoms with E-state index in [0.717, 1.165) is 0 Å². The van der Waals surface area contributed by atoms with E-state index >= 15 is 0 Å². The molecular formula is C10H9F3S. The summed E-state index contributed by atoms with van der Waals surface area (Å²) < 4.78 is 39.5. The van der Waals surface area contributed by atoms with Gasteiger partial charge in [0.05, 0.1) is 0 Å². The highest BCUT2D eigenvalue weighted by atomic mass is 32.1. The molecular weight excluding hydrogens is 209 g/mol. The zero-order valence-corrected chi connectivity index (χ0v) is 8.63. The quantitative estimate of drug-likeness (QED) is 0.468. The second kappa shape index (κ2) is 4.14. The van der Waals surface area contributed by atoms with Gasteiger partial charge in [-0.2, -0.15) is 12.6 Å². The molecule has 0 aromatic carbocycles. The van der Waals surface area contributed by atoms with Crippen molar-refractivity contribution in [2.24, 2.45) is 0 Å². The van der Waals surface area contributed by atoms with E-state index in [1.807, 2.05) is 0 Å². The van der Waals surface area contributed by atoms with Crippen molar-refractivity contribution in [2.45, 2.75) is 25.3 Å². The van der Waals surface area contributed by atoms with Gasteiger partial charge in [0.1, 0.15) is 5.25 Å². The van der Waals surface area contributed by atoms with E-state index in [1.165, 1.54) is 13.8 Å². The molecule has 0 aromatic heterocycles. The van der Waals surface area contributed by atoms with E-state index in [-0.39, 0.29) is 11.1 Å². The van der Waals surface area contributed by atoms with Crippen molar-refractivity contribution in [3.63, 3.8) is 0 Å². The summed E-state index contributed by atoms with van der Waals surface area (Å²) in [7, 11) is 0. The molecule has 0 aromatic rings. The standard InChI is InChI=1S/C10H9F3S/c1-5-6(2)9(12)10(13)8(14)4-3-7(5)11/h7-8,14H,1-2H3. The molecule has 0 spiro atoms. The van der Waals surface area contributed by atoms with Crippen LogP contribution >= 0.6 is 12.6 Å². The number of hydrogen-bond acceptors (Lipinski definition) is 1. The highest BCUT2D eigenvalue weighted by Gasteiger charge is 2.21. The number of hydrogen-bond donors (Lipinski definition) is 1. The minimum Gasteiger partial charge on any atom is -0.228 e. The van der Waals surface area contributed by atoms with Crippen molar-refractivity contribution < 1.29 is 13.2 Å². The molecule has 4 heteroatoms. The summed E-state index contributed by atoms with van der Waals surface area (Å²) in [5.41, 5.74) is 0.0634. The SMILES string of the molecule is CC1=C(C)C(F)C#CC(S)C(F)=C1F. The van der Waals surface area contributed by atoms with E-state index in [2.05, 4.69) is 24.5 Å². The molecule has 0 fully saturated rings. The molecule has 0 N–H and O–H groups in total. The van der Waals surface area contributed by atoms with E-state index in [4.69, 9.17) is 0 Å². The first-order chi connectivity index (χ1) is 6.45. The second-order valence-electron chi connectivity index (χ2n) is 3.02. The fourth-order valence-electron chi connectivity index (χ4n) is 0.986. The normalized spacial score (nSPS) is 28.1. The van der Waals surface area contributed by atoms with Crippen LogP contribution in [-0.4, -0.2) is 11.4 Å². The average molecular weight is 218 g/mol. The van der Waals surface area contributed by atoms with Crippen LogP contribution in [0.4, 0.5) is 13.2 Å². The third-order valence-electron chi connectivity index (χ3n) is 2.10. The molecule has 1 aliphatic carbocycles. The lowest BCUT2D eigenvalue weighted by molar-refractivity contribution is 0.453. The first-order valence-electron chi connectivity index (χ1n) is 4.01. The van der Waals surface area contributed by atoms with Crippen LogP contribution in [0.15, 0.2) is 22.8 Å². The Labute approximate surface area is 86.3 Å². The number of allylic oxidation sites excluding steroid dienone is 3. The lowest BCUT2D eigenvalue weighted by Crippen LogP contribution is -2.08. The van der Waals surface area contributed by atoms with Crippen LogP contribution in [0.2, 0.25) is 0 Å². The monoisotopic (exact) mass is 218 g/mol. The summed E-state index contributed by atoms with van der Waals surface area (Å²) in [6.07, 6.45) is -1.55. The van der Waals surface area contributed by atoms with Crippen LogP contribution in [-0.2, 0) is 0 Å². The van der Waals surface area contributed by atoms with Gasteiger partial charge < -0.3 is 0 Å². The van der Waals surface area contributed by atoms with Crippen molar-refractivity contribution in [3.05, 3.63) is 22.8 Å². The zero-order chi connectivity index (χ0) is 10.9. The van der Waals surface area contributed by atoms with Crippen LogP contribution in [0.3, 0.4) is 0 Å². The van der Waals surface area contributed by atoms with Crippen LogP contribution in [0, 0.1) is 11.8 Å². The Kier molecular flexibility index (Phi) is 3.33. The van der Waals surface area contributed by atoms with Crippen molar-refractivity contribution in [3.8, 4) is 11.8 Å². The molecule has 76 valence electrons. The molecule has 0 saturated heterocycles. The van der Waals surface area contributed by atoms with Crippen molar-refractivity contribution in [1.29, 1.82) is 0 Å². The predicted molar refractivity (Wildman–Crippen MR) is 53.1 cm³/mol. The Balaban J connectivity index is 3.33. The number of thiol groups is 1. The van der Waals surface area contributed by atoms with E-state index < -0.39 is 23.1 Å². The first-order valence-corrected chi connectivity index (χ1v) is 4.53. The summed E-state index contributed by atoms with van der Waals surface area (Å²) in [4.78, 5) is 0. The molecule has 14 heavy (non-hydrogen) atoms. The number of alkyl halides is 1. The third kappa shape index (κ3) is 1.98. The molecule has 0 bridgehead atoms.